The van der Waals surface area contributed by atoms with Crippen molar-refractivity contribution in [3.63, 3.8) is 0 Å². The summed E-state index contributed by atoms with van der Waals surface area (Å²) in [4.78, 5) is 26.0. The van der Waals surface area contributed by atoms with Crippen LogP contribution in [0.1, 0.15) is 24.0 Å². The molecule has 124 valence electrons. The van der Waals surface area contributed by atoms with Crippen molar-refractivity contribution in [2.75, 3.05) is 6.54 Å². The van der Waals surface area contributed by atoms with Crippen molar-refractivity contribution in [2.24, 2.45) is 5.92 Å². The number of fused-ring (bicyclic) bond motifs is 1. The number of hydrogen-bond donors (Lipinski definition) is 1. The third-order valence-corrected chi connectivity index (χ3v) is 4.51. The van der Waals surface area contributed by atoms with Crippen molar-refractivity contribution in [3.05, 3.63) is 35.4 Å². The third-order valence-electron chi connectivity index (χ3n) is 4.51. The molecule has 2 heterocycles. The van der Waals surface area contributed by atoms with Crippen molar-refractivity contribution >= 4 is 11.8 Å². The van der Waals surface area contributed by atoms with E-state index in [1.54, 1.807) is 4.90 Å². The van der Waals surface area contributed by atoms with E-state index >= 15 is 0 Å². The lowest BCUT2D eigenvalue weighted by Crippen LogP contribution is -2.55. The summed E-state index contributed by atoms with van der Waals surface area (Å²) in [7, 11) is 0. The normalized spacial score (nSPS) is 24.8. The Morgan fingerprint density at radius 1 is 1.17 bits per heavy atom. The molecule has 1 N–H and O–H groups in total. The minimum atomic E-state index is -4.46. The molecule has 1 aromatic rings. The summed E-state index contributed by atoms with van der Waals surface area (Å²) in [6.45, 7) is 0.893. The second-order valence-corrected chi connectivity index (χ2v) is 6.01. The highest BCUT2D eigenvalue weighted by molar-refractivity contribution is 6.01. The monoisotopic (exact) mass is 326 g/mol. The zero-order chi connectivity index (χ0) is 16.6. The lowest BCUT2D eigenvalue weighted by Gasteiger charge is -2.35. The van der Waals surface area contributed by atoms with Gasteiger partial charge in [-0.2, -0.15) is 13.2 Å². The van der Waals surface area contributed by atoms with Crippen molar-refractivity contribution in [1.82, 2.24) is 10.2 Å². The van der Waals surface area contributed by atoms with E-state index in [1.807, 2.05) is 29.6 Å². The lowest BCUT2D eigenvalue weighted by molar-refractivity contribution is -0.172. The fourth-order valence-corrected chi connectivity index (χ4v) is 3.19. The number of alkyl halides is 3. The van der Waals surface area contributed by atoms with Crippen LogP contribution in [0.25, 0.3) is 0 Å². The fourth-order valence-electron chi connectivity index (χ4n) is 3.19. The van der Waals surface area contributed by atoms with Crippen LogP contribution in [0.3, 0.4) is 0 Å². The van der Waals surface area contributed by atoms with Gasteiger partial charge in [0.2, 0.25) is 11.8 Å². The molecule has 3 rings (SSSR count). The molecule has 0 radical (unpaired) electrons. The van der Waals surface area contributed by atoms with E-state index in [1.165, 1.54) is 5.56 Å². The van der Waals surface area contributed by atoms with E-state index in [-0.39, 0.29) is 18.7 Å². The van der Waals surface area contributed by atoms with E-state index in [0.717, 1.165) is 5.56 Å². The van der Waals surface area contributed by atoms with Crippen molar-refractivity contribution < 1.29 is 22.8 Å². The molecule has 1 fully saturated rings. The Bertz CT molecular complexity index is 630. The van der Waals surface area contributed by atoms with Crippen LogP contribution in [-0.4, -0.2) is 35.5 Å². The molecule has 7 heteroatoms. The molecule has 23 heavy (non-hydrogen) atoms. The second kappa shape index (κ2) is 5.86. The largest absolute Gasteiger partial charge is 0.408 e. The highest BCUT2D eigenvalue weighted by atomic mass is 19.4. The van der Waals surface area contributed by atoms with Gasteiger partial charge in [-0.25, -0.2) is 0 Å². The van der Waals surface area contributed by atoms with Gasteiger partial charge >= 0.3 is 6.18 Å². The van der Waals surface area contributed by atoms with Gasteiger partial charge in [0.1, 0.15) is 12.0 Å². The molecule has 1 saturated heterocycles. The predicted molar refractivity (Wildman–Crippen MR) is 76.3 cm³/mol. The second-order valence-electron chi connectivity index (χ2n) is 6.01. The first-order valence-electron chi connectivity index (χ1n) is 7.59. The number of piperidine rings is 1. The van der Waals surface area contributed by atoms with Crippen molar-refractivity contribution in [1.29, 1.82) is 0 Å². The number of carbonyl (C=O) groups is 2. The van der Waals surface area contributed by atoms with Gasteiger partial charge in [0.05, 0.1) is 0 Å². The van der Waals surface area contributed by atoms with Gasteiger partial charge in [-0.1, -0.05) is 24.3 Å². The summed E-state index contributed by atoms with van der Waals surface area (Å²) in [6, 6.07) is 5.89. The van der Waals surface area contributed by atoms with Crippen LogP contribution in [0.5, 0.6) is 0 Å². The topological polar surface area (TPSA) is 49.4 Å². The van der Waals surface area contributed by atoms with Crippen LogP contribution in [-0.2, 0) is 22.6 Å². The quantitative estimate of drug-likeness (QED) is 0.803. The molecule has 0 aliphatic carbocycles. The number of halogens is 3. The first kappa shape index (κ1) is 15.8. The van der Waals surface area contributed by atoms with Gasteiger partial charge in [-0.05, 0) is 30.4 Å². The van der Waals surface area contributed by atoms with Gasteiger partial charge in [-0.3, -0.25) is 9.59 Å². The molecule has 1 aromatic carbocycles. The molecular weight excluding hydrogens is 309 g/mol. The Morgan fingerprint density at radius 3 is 2.52 bits per heavy atom. The lowest BCUT2D eigenvalue weighted by atomic mass is 9.91. The Labute approximate surface area is 131 Å². The van der Waals surface area contributed by atoms with E-state index in [2.05, 4.69) is 0 Å². The SMILES string of the molecule is O=C1NC(C(F)(F)F)CCC1C(=O)N1CCc2ccccc2C1. The first-order chi connectivity index (χ1) is 10.9. The van der Waals surface area contributed by atoms with Gasteiger partial charge in [0.15, 0.2) is 0 Å². The molecule has 0 aromatic heterocycles. The Balaban J connectivity index is 1.67. The molecule has 0 bridgehead atoms. The Kier molecular flexibility index (Phi) is 4.04. The number of nitrogens with one attached hydrogen (secondary N) is 1. The molecule has 4 nitrogen and oxygen atoms in total. The van der Waals surface area contributed by atoms with Gasteiger partial charge < -0.3 is 10.2 Å². The zero-order valence-corrected chi connectivity index (χ0v) is 12.4. The van der Waals surface area contributed by atoms with E-state index in [9.17, 15) is 22.8 Å². The van der Waals surface area contributed by atoms with E-state index < -0.39 is 24.0 Å². The molecule has 2 aliphatic rings. The smallest absolute Gasteiger partial charge is 0.344 e. The van der Waals surface area contributed by atoms with Crippen LogP contribution in [0.4, 0.5) is 13.2 Å². The maximum absolute atomic E-state index is 12.7. The standard InChI is InChI=1S/C16H17F3N2O2/c17-16(18,19)13-6-5-12(14(22)20-13)15(23)21-8-7-10-3-1-2-4-11(10)9-21/h1-4,12-13H,5-9H2,(H,20,22). The van der Waals surface area contributed by atoms with E-state index in [4.69, 9.17) is 0 Å². The molecule has 0 spiro atoms. The van der Waals surface area contributed by atoms with Gasteiger partial charge in [-0.15, -0.1) is 0 Å². The highest BCUT2D eigenvalue weighted by Crippen LogP contribution is 2.30. The fraction of sp³-hybridized carbons (Fsp3) is 0.500. The molecule has 2 amide bonds. The number of rotatable bonds is 1. The van der Waals surface area contributed by atoms with Crippen molar-refractivity contribution in [3.8, 4) is 0 Å². The summed E-state index contributed by atoms with van der Waals surface area (Å²) in [6.07, 6.45) is -4.09. The molecular formula is C16H17F3N2O2. The zero-order valence-electron chi connectivity index (χ0n) is 12.4. The van der Waals surface area contributed by atoms with Crippen LogP contribution in [0, 0.1) is 5.92 Å². The van der Waals surface area contributed by atoms with Crippen LogP contribution >= 0.6 is 0 Å². The summed E-state index contributed by atoms with van der Waals surface area (Å²) in [5.41, 5.74) is 2.19. The first-order valence-corrected chi connectivity index (χ1v) is 7.59. The molecule has 0 saturated carbocycles. The van der Waals surface area contributed by atoms with E-state index in [0.29, 0.717) is 19.5 Å². The minimum absolute atomic E-state index is 0.0625. The van der Waals surface area contributed by atoms with Crippen molar-refractivity contribution in [2.45, 2.75) is 38.0 Å². The highest BCUT2D eigenvalue weighted by Gasteiger charge is 2.46. The summed E-state index contributed by atoms with van der Waals surface area (Å²) < 4.78 is 38.0. The molecule has 2 unspecified atom stereocenters. The average molecular weight is 326 g/mol. The maximum atomic E-state index is 12.7. The minimum Gasteiger partial charge on any atom is -0.344 e. The number of amides is 2. The number of benzene rings is 1. The Hall–Kier alpha value is -2.05. The summed E-state index contributed by atoms with van der Waals surface area (Å²) in [5, 5.41) is 1.93. The third kappa shape index (κ3) is 3.18. The predicted octanol–water partition coefficient (Wildman–Crippen LogP) is 2.03. The summed E-state index contributed by atoms with van der Waals surface area (Å²) >= 11 is 0. The maximum Gasteiger partial charge on any atom is 0.408 e. The summed E-state index contributed by atoms with van der Waals surface area (Å²) in [5.74, 6) is -2.21. The molecule has 2 atom stereocenters. The Morgan fingerprint density at radius 2 is 1.87 bits per heavy atom. The van der Waals surface area contributed by atoms with Gasteiger partial charge in [0.25, 0.3) is 0 Å². The molecule has 2 aliphatic heterocycles. The van der Waals surface area contributed by atoms with Gasteiger partial charge in [0, 0.05) is 13.1 Å². The van der Waals surface area contributed by atoms with Crippen LogP contribution in [0.2, 0.25) is 0 Å². The van der Waals surface area contributed by atoms with Crippen LogP contribution in [0.15, 0.2) is 24.3 Å². The number of carbonyl (C=O) groups excluding carboxylic acids is 2. The number of hydrogen-bond acceptors (Lipinski definition) is 2. The van der Waals surface area contributed by atoms with Crippen LogP contribution < -0.4 is 5.32 Å². The average Bonchev–Trinajstić information content (AvgIpc) is 2.53. The number of nitrogens with zero attached hydrogens (tertiary/aromatic N) is 1.